The van der Waals surface area contributed by atoms with Crippen molar-refractivity contribution < 1.29 is 4.79 Å². The van der Waals surface area contributed by atoms with E-state index in [9.17, 15) is 10.1 Å². The molecule has 0 unspecified atom stereocenters. The maximum atomic E-state index is 12.2. The number of carbonyl (C=O) groups is 1. The molecule has 0 aliphatic heterocycles. The molecule has 0 saturated heterocycles. The molecule has 0 radical (unpaired) electrons. The fourth-order valence-electron chi connectivity index (χ4n) is 2.01. The van der Waals surface area contributed by atoms with Crippen molar-refractivity contribution in [3.63, 3.8) is 0 Å². The molecule has 0 aliphatic carbocycles. The molecular formula is C19H18N2O. The normalized spacial score (nSPS) is 11.1. The predicted octanol–water partition coefficient (Wildman–Crippen LogP) is 4.36. The summed E-state index contributed by atoms with van der Waals surface area (Å²) in [4.78, 5) is 12.2. The summed E-state index contributed by atoms with van der Waals surface area (Å²) in [5.41, 5.74) is 2.80. The lowest BCUT2D eigenvalue weighted by Crippen LogP contribution is -2.13. The molecule has 2 aromatic carbocycles. The van der Waals surface area contributed by atoms with Crippen molar-refractivity contribution in [2.45, 2.75) is 19.8 Å². The summed E-state index contributed by atoms with van der Waals surface area (Å²) in [6.07, 6.45) is 1.58. The topological polar surface area (TPSA) is 52.9 Å². The number of hydrogen-bond donors (Lipinski definition) is 1. The van der Waals surface area contributed by atoms with Gasteiger partial charge in [-0.2, -0.15) is 5.26 Å². The van der Waals surface area contributed by atoms with Gasteiger partial charge in [-0.1, -0.05) is 56.3 Å². The Morgan fingerprint density at radius 3 is 2.27 bits per heavy atom. The number of benzene rings is 2. The Hall–Kier alpha value is -2.86. The maximum absolute atomic E-state index is 12.2. The Balaban J connectivity index is 2.13. The Bertz CT molecular complexity index is 707. The lowest BCUT2D eigenvalue weighted by Gasteiger charge is -2.08. The van der Waals surface area contributed by atoms with Gasteiger partial charge in [-0.25, -0.2) is 0 Å². The third-order valence-corrected chi connectivity index (χ3v) is 3.31. The molecule has 2 aromatic rings. The van der Waals surface area contributed by atoms with Crippen LogP contribution in [0.4, 0.5) is 5.69 Å². The standard InChI is InChI=1S/C19H18N2O/c1-14(2)16-8-10-18(11-9-16)21-19(22)17(13-20)12-15-6-4-3-5-7-15/h3-12,14H,1-2H3,(H,21,22)/b17-12+. The maximum Gasteiger partial charge on any atom is 0.266 e. The molecular weight excluding hydrogens is 272 g/mol. The summed E-state index contributed by atoms with van der Waals surface area (Å²) in [5.74, 6) is 0.0426. The average Bonchev–Trinajstić information content (AvgIpc) is 2.54. The quantitative estimate of drug-likeness (QED) is 0.672. The Morgan fingerprint density at radius 2 is 1.73 bits per heavy atom. The fourth-order valence-corrected chi connectivity index (χ4v) is 2.01. The van der Waals surface area contributed by atoms with E-state index in [0.717, 1.165) is 5.56 Å². The van der Waals surface area contributed by atoms with Crippen molar-refractivity contribution >= 4 is 17.7 Å². The van der Waals surface area contributed by atoms with E-state index in [-0.39, 0.29) is 5.57 Å². The number of nitrogens with zero attached hydrogens (tertiary/aromatic N) is 1. The van der Waals surface area contributed by atoms with Gasteiger partial charge in [-0.3, -0.25) is 4.79 Å². The molecule has 0 heterocycles. The number of rotatable bonds is 4. The number of anilines is 1. The van der Waals surface area contributed by atoms with E-state index in [2.05, 4.69) is 19.2 Å². The van der Waals surface area contributed by atoms with Crippen LogP contribution in [-0.2, 0) is 4.79 Å². The Labute approximate surface area is 130 Å². The zero-order valence-corrected chi connectivity index (χ0v) is 12.7. The third-order valence-electron chi connectivity index (χ3n) is 3.31. The summed E-state index contributed by atoms with van der Waals surface area (Å²) >= 11 is 0. The van der Waals surface area contributed by atoms with E-state index in [1.165, 1.54) is 5.56 Å². The smallest absolute Gasteiger partial charge is 0.266 e. The molecule has 0 fully saturated rings. The van der Waals surface area contributed by atoms with E-state index in [0.29, 0.717) is 11.6 Å². The molecule has 3 nitrogen and oxygen atoms in total. The van der Waals surface area contributed by atoms with Crippen LogP contribution in [0.3, 0.4) is 0 Å². The third kappa shape index (κ3) is 4.07. The van der Waals surface area contributed by atoms with Crippen LogP contribution in [0.25, 0.3) is 6.08 Å². The monoisotopic (exact) mass is 290 g/mol. The van der Waals surface area contributed by atoms with Crippen molar-refractivity contribution in [2.24, 2.45) is 0 Å². The first-order valence-corrected chi connectivity index (χ1v) is 7.18. The van der Waals surface area contributed by atoms with Gasteiger partial charge in [0.25, 0.3) is 5.91 Å². The number of carbonyl (C=O) groups excluding carboxylic acids is 1. The highest BCUT2D eigenvalue weighted by atomic mass is 16.1. The Morgan fingerprint density at radius 1 is 1.09 bits per heavy atom. The molecule has 1 N–H and O–H groups in total. The van der Waals surface area contributed by atoms with Crippen molar-refractivity contribution in [3.05, 3.63) is 71.3 Å². The van der Waals surface area contributed by atoms with Crippen LogP contribution >= 0.6 is 0 Å². The second kappa shape index (κ2) is 7.24. The van der Waals surface area contributed by atoms with Gasteiger partial charge in [0.2, 0.25) is 0 Å². The van der Waals surface area contributed by atoms with Crippen molar-refractivity contribution in [3.8, 4) is 6.07 Å². The lowest BCUT2D eigenvalue weighted by molar-refractivity contribution is -0.112. The average molecular weight is 290 g/mol. The SMILES string of the molecule is CC(C)c1ccc(NC(=O)/C(C#N)=C/c2ccccc2)cc1. The molecule has 0 aliphatic rings. The van der Waals surface area contributed by atoms with Crippen LogP contribution in [0.15, 0.2) is 60.2 Å². The first kappa shape index (κ1) is 15.5. The van der Waals surface area contributed by atoms with Gasteiger partial charge in [-0.05, 0) is 35.3 Å². The zero-order chi connectivity index (χ0) is 15.9. The van der Waals surface area contributed by atoms with E-state index >= 15 is 0 Å². The minimum atomic E-state index is -0.399. The highest BCUT2D eigenvalue weighted by Gasteiger charge is 2.09. The van der Waals surface area contributed by atoms with E-state index in [1.54, 1.807) is 6.08 Å². The van der Waals surface area contributed by atoms with Gasteiger partial charge < -0.3 is 5.32 Å². The lowest BCUT2D eigenvalue weighted by atomic mass is 10.0. The predicted molar refractivity (Wildman–Crippen MR) is 89.2 cm³/mol. The van der Waals surface area contributed by atoms with Crippen LogP contribution in [0.2, 0.25) is 0 Å². The summed E-state index contributed by atoms with van der Waals surface area (Å²) in [6.45, 7) is 4.23. The van der Waals surface area contributed by atoms with Crippen LogP contribution in [0.1, 0.15) is 30.9 Å². The summed E-state index contributed by atoms with van der Waals surface area (Å²) < 4.78 is 0. The molecule has 0 bridgehead atoms. The Kier molecular flexibility index (Phi) is 5.11. The van der Waals surface area contributed by atoms with Crippen LogP contribution in [0, 0.1) is 11.3 Å². The van der Waals surface area contributed by atoms with Crippen molar-refractivity contribution in [1.29, 1.82) is 5.26 Å². The van der Waals surface area contributed by atoms with Gasteiger partial charge in [-0.15, -0.1) is 0 Å². The minimum Gasteiger partial charge on any atom is -0.321 e. The number of nitrogens with one attached hydrogen (secondary N) is 1. The molecule has 0 atom stereocenters. The molecule has 0 spiro atoms. The first-order valence-electron chi connectivity index (χ1n) is 7.18. The molecule has 22 heavy (non-hydrogen) atoms. The second-order valence-electron chi connectivity index (χ2n) is 5.31. The van der Waals surface area contributed by atoms with Gasteiger partial charge in [0, 0.05) is 5.69 Å². The van der Waals surface area contributed by atoms with Crippen LogP contribution in [-0.4, -0.2) is 5.91 Å². The van der Waals surface area contributed by atoms with Crippen LogP contribution in [0.5, 0.6) is 0 Å². The minimum absolute atomic E-state index is 0.0825. The molecule has 0 aromatic heterocycles. The molecule has 3 heteroatoms. The van der Waals surface area contributed by atoms with E-state index in [1.807, 2.05) is 60.7 Å². The first-order chi connectivity index (χ1) is 10.6. The van der Waals surface area contributed by atoms with Gasteiger partial charge in [0.15, 0.2) is 0 Å². The van der Waals surface area contributed by atoms with Gasteiger partial charge in [0.05, 0.1) is 0 Å². The number of nitriles is 1. The second-order valence-corrected chi connectivity index (χ2v) is 5.31. The molecule has 2 rings (SSSR count). The number of hydrogen-bond acceptors (Lipinski definition) is 2. The van der Waals surface area contributed by atoms with Gasteiger partial charge in [0.1, 0.15) is 11.6 Å². The summed E-state index contributed by atoms with van der Waals surface area (Å²) in [6, 6.07) is 18.9. The highest BCUT2D eigenvalue weighted by Crippen LogP contribution is 2.18. The molecule has 110 valence electrons. The summed E-state index contributed by atoms with van der Waals surface area (Å²) in [5, 5.41) is 11.9. The molecule has 0 saturated carbocycles. The van der Waals surface area contributed by atoms with Crippen molar-refractivity contribution in [1.82, 2.24) is 0 Å². The molecule has 1 amide bonds. The highest BCUT2D eigenvalue weighted by molar-refractivity contribution is 6.09. The van der Waals surface area contributed by atoms with Crippen molar-refractivity contribution in [2.75, 3.05) is 5.32 Å². The van der Waals surface area contributed by atoms with E-state index < -0.39 is 5.91 Å². The fraction of sp³-hybridized carbons (Fsp3) is 0.158. The van der Waals surface area contributed by atoms with E-state index in [4.69, 9.17) is 0 Å². The van der Waals surface area contributed by atoms with Crippen LogP contribution < -0.4 is 5.32 Å². The summed E-state index contributed by atoms with van der Waals surface area (Å²) in [7, 11) is 0. The largest absolute Gasteiger partial charge is 0.321 e. The number of amides is 1. The van der Waals surface area contributed by atoms with Gasteiger partial charge >= 0.3 is 0 Å². The zero-order valence-electron chi connectivity index (χ0n) is 12.7.